The number of aliphatic hydroxyl groups is 1. The Morgan fingerprint density at radius 1 is 1.33 bits per heavy atom. The largest absolute Gasteiger partial charge is 0.497 e. The topological polar surface area (TPSA) is 55.5 Å². The van der Waals surface area contributed by atoms with Gasteiger partial charge in [0.05, 0.1) is 12.7 Å². The molecule has 2 aliphatic rings. The van der Waals surface area contributed by atoms with E-state index in [9.17, 15) is 5.11 Å². The molecule has 21 heavy (non-hydrogen) atoms. The monoisotopic (exact) mass is 289 g/mol. The lowest BCUT2D eigenvalue weighted by Gasteiger charge is -2.47. The number of aryl methyl sites for hydroxylation is 1. The van der Waals surface area contributed by atoms with E-state index in [0.717, 1.165) is 31.4 Å². The van der Waals surface area contributed by atoms with E-state index in [1.807, 2.05) is 6.07 Å². The van der Waals surface area contributed by atoms with Gasteiger partial charge in [0, 0.05) is 18.4 Å². The number of fused-ring (bicyclic) bond motifs is 1. The molecule has 3 N–H and O–H groups in total. The molecule has 0 spiro atoms. The molecular weight excluding hydrogens is 262 g/mol. The van der Waals surface area contributed by atoms with Crippen molar-refractivity contribution in [1.29, 1.82) is 0 Å². The zero-order valence-electron chi connectivity index (χ0n) is 13.2. The lowest BCUT2D eigenvalue weighted by molar-refractivity contribution is -0.0895. The minimum absolute atomic E-state index is 0.104. The summed E-state index contributed by atoms with van der Waals surface area (Å²) >= 11 is 0. The Balaban J connectivity index is 1.92. The molecule has 1 fully saturated rings. The first-order chi connectivity index (χ1) is 10.0. The number of ether oxygens (including phenoxy) is 1. The van der Waals surface area contributed by atoms with Gasteiger partial charge in [-0.25, -0.2) is 0 Å². The molecule has 1 aromatic carbocycles. The van der Waals surface area contributed by atoms with Crippen LogP contribution in [0.4, 0.5) is 0 Å². The summed E-state index contributed by atoms with van der Waals surface area (Å²) in [5.41, 5.74) is 7.95. The summed E-state index contributed by atoms with van der Waals surface area (Å²) in [7, 11) is 1.69. The first kappa shape index (κ1) is 14.9. The Morgan fingerprint density at radius 2 is 2.14 bits per heavy atom. The van der Waals surface area contributed by atoms with Gasteiger partial charge in [-0.05, 0) is 54.9 Å². The maximum atomic E-state index is 11.4. The van der Waals surface area contributed by atoms with E-state index in [2.05, 4.69) is 19.1 Å². The number of nitrogens with two attached hydrogens (primary N) is 1. The van der Waals surface area contributed by atoms with E-state index < -0.39 is 5.60 Å². The fourth-order valence-electron chi connectivity index (χ4n) is 4.53. The molecule has 3 unspecified atom stereocenters. The second kappa shape index (κ2) is 5.29. The zero-order chi connectivity index (χ0) is 15.1. The highest BCUT2D eigenvalue weighted by Crippen LogP contribution is 2.52. The number of hydrogen-bond donors (Lipinski definition) is 2. The fraction of sp³-hybridized carbons (Fsp3) is 0.667. The summed E-state index contributed by atoms with van der Waals surface area (Å²) in [6.45, 7) is 2.87. The van der Waals surface area contributed by atoms with Crippen molar-refractivity contribution in [2.45, 2.75) is 51.0 Å². The maximum Gasteiger partial charge on any atom is 0.119 e. The van der Waals surface area contributed by atoms with E-state index in [1.54, 1.807) is 7.11 Å². The van der Waals surface area contributed by atoms with Crippen LogP contribution in [-0.4, -0.2) is 24.4 Å². The summed E-state index contributed by atoms with van der Waals surface area (Å²) in [6, 6.07) is 6.24. The van der Waals surface area contributed by atoms with E-state index in [-0.39, 0.29) is 5.41 Å². The molecule has 1 saturated carbocycles. The SMILES string of the molecule is COc1ccc2c(c1)CC(O)(C1(CN)CCC(C)C1)CC2. The maximum absolute atomic E-state index is 11.4. The Labute approximate surface area is 127 Å². The summed E-state index contributed by atoms with van der Waals surface area (Å²) < 4.78 is 5.34. The van der Waals surface area contributed by atoms with Crippen LogP contribution in [0.25, 0.3) is 0 Å². The van der Waals surface area contributed by atoms with Crippen molar-refractivity contribution in [2.24, 2.45) is 17.1 Å². The lowest BCUT2D eigenvalue weighted by atomic mass is 9.62. The van der Waals surface area contributed by atoms with Crippen molar-refractivity contribution < 1.29 is 9.84 Å². The van der Waals surface area contributed by atoms with Crippen molar-refractivity contribution in [1.82, 2.24) is 0 Å². The first-order valence-corrected chi connectivity index (χ1v) is 8.10. The minimum Gasteiger partial charge on any atom is -0.497 e. The molecule has 0 aromatic heterocycles. The van der Waals surface area contributed by atoms with Gasteiger partial charge in [0.15, 0.2) is 0 Å². The highest BCUT2D eigenvalue weighted by atomic mass is 16.5. The molecular formula is C18H27NO2. The van der Waals surface area contributed by atoms with Gasteiger partial charge < -0.3 is 15.6 Å². The van der Waals surface area contributed by atoms with Gasteiger partial charge in [0.2, 0.25) is 0 Å². The zero-order valence-corrected chi connectivity index (χ0v) is 13.2. The molecule has 3 atom stereocenters. The number of rotatable bonds is 3. The average Bonchev–Trinajstić information content (AvgIpc) is 2.89. The Kier molecular flexibility index (Phi) is 3.74. The molecule has 0 aliphatic heterocycles. The van der Waals surface area contributed by atoms with Crippen LogP contribution in [-0.2, 0) is 12.8 Å². The fourth-order valence-corrected chi connectivity index (χ4v) is 4.53. The first-order valence-electron chi connectivity index (χ1n) is 8.10. The van der Waals surface area contributed by atoms with Gasteiger partial charge in [-0.3, -0.25) is 0 Å². The molecule has 0 bridgehead atoms. The van der Waals surface area contributed by atoms with Crippen molar-refractivity contribution in [2.75, 3.05) is 13.7 Å². The third-order valence-corrected chi connectivity index (χ3v) is 5.94. The normalized spacial score (nSPS) is 35.5. The molecule has 116 valence electrons. The molecule has 3 nitrogen and oxygen atoms in total. The molecule has 0 heterocycles. The highest BCUT2D eigenvalue weighted by molar-refractivity contribution is 5.39. The number of hydrogen-bond acceptors (Lipinski definition) is 3. The standard InChI is InChI=1S/C18H27NO2/c1-13-5-7-17(10-13,12-19)18(20)8-6-14-3-4-16(21-2)9-15(14)11-18/h3-4,9,13,20H,5-8,10-12,19H2,1-2H3. The Morgan fingerprint density at radius 3 is 2.76 bits per heavy atom. The van der Waals surface area contributed by atoms with E-state index in [4.69, 9.17) is 10.5 Å². The smallest absolute Gasteiger partial charge is 0.119 e. The second-order valence-electron chi connectivity index (χ2n) is 7.18. The van der Waals surface area contributed by atoms with Crippen LogP contribution in [0.2, 0.25) is 0 Å². The molecule has 3 rings (SSSR count). The van der Waals surface area contributed by atoms with E-state index in [0.29, 0.717) is 18.9 Å². The second-order valence-corrected chi connectivity index (χ2v) is 7.18. The van der Waals surface area contributed by atoms with Crippen molar-refractivity contribution in [3.8, 4) is 5.75 Å². The lowest BCUT2D eigenvalue weighted by Crippen LogP contribution is -2.54. The van der Waals surface area contributed by atoms with Gasteiger partial charge in [-0.1, -0.05) is 19.4 Å². The van der Waals surface area contributed by atoms with Crippen LogP contribution in [0.15, 0.2) is 18.2 Å². The molecule has 0 radical (unpaired) electrons. The quantitative estimate of drug-likeness (QED) is 0.899. The summed E-state index contributed by atoms with van der Waals surface area (Å²) in [6.07, 6.45) is 5.77. The van der Waals surface area contributed by atoms with Crippen molar-refractivity contribution >= 4 is 0 Å². The van der Waals surface area contributed by atoms with Crippen LogP contribution in [0.5, 0.6) is 5.75 Å². The van der Waals surface area contributed by atoms with Gasteiger partial charge in [-0.15, -0.1) is 0 Å². The molecule has 2 aliphatic carbocycles. The predicted octanol–water partition coefficient (Wildman–Crippen LogP) is 2.68. The van der Waals surface area contributed by atoms with E-state index in [1.165, 1.54) is 17.5 Å². The van der Waals surface area contributed by atoms with Gasteiger partial charge in [-0.2, -0.15) is 0 Å². The third kappa shape index (κ3) is 2.36. The predicted molar refractivity (Wildman–Crippen MR) is 84.5 cm³/mol. The molecule has 3 heteroatoms. The summed E-state index contributed by atoms with van der Waals surface area (Å²) in [4.78, 5) is 0. The molecule has 0 amide bonds. The third-order valence-electron chi connectivity index (χ3n) is 5.94. The number of methoxy groups -OCH3 is 1. The Hall–Kier alpha value is -1.06. The van der Waals surface area contributed by atoms with Crippen LogP contribution < -0.4 is 10.5 Å². The summed E-state index contributed by atoms with van der Waals surface area (Å²) in [5.74, 6) is 1.55. The average molecular weight is 289 g/mol. The number of benzene rings is 1. The van der Waals surface area contributed by atoms with E-state index >= 15 is 0 Å². The van der Waals surface area contributed by atoms with Crippen LogP contribution in [0.3, 0.4) is 0 Å². The summed E-state index contributed by atoms with van der Waals surface area (Å²) in [5, 5.41) is 11.4. The van der Waals surface area contributed by atoms with Gasteiger partial charge >= 0.3 is 0 Å². The van der Waals surface area contributed by atoms with Crippen molar-refractivity contribution in [3.63, 3.8) is 0 Å². The minimum atomic E-state index is -0.661. The van der Waals surface area contributed by atoms with Gasteiger partial charge in [0.25, 0.3) is 0 Å². The molecule has 1 aromatic rings. The Bertz CT molecular complexity index is 530. The van der Waals surface area contributed by atoms with Crippen LogP contribution >= 0.6 is 0 Å². The molecule has 0 saturated heterocycles. The van der Waals surface area contributed by atoms with Crippen LogP contribution in [0.1, 0.15) is 43.7 Å². The van der Waals surface area contributed by atoms with Gasteiger partial charge in [0.1, 0.15) is 5.75 Å². The van der Waals surface area contributed by atoms with Crippen molar-refractivity contribution in [3.05, 3.63) is 29.3 Å². The highest BCUT2D eigenvalue weighted by Gasteiger charge is 2.53. The van der Waals surface area contributed by atoms with Crippen LogP contribution in [0, 0.1) is 11.3 Å².